The molecule has 0 N–H and O–H groups in total. The Morgan fingerprint density at radius 3 is 2.58 bits per heavy atom. The molecule has 1 heterocycles. The molecule has 2 aromatic rings. The molecule has 0 fully saturated rings. The van der Waals surface area contributed by atoms with Gasteiger partial charge in [0.15, 0.2) is 0 Å². The number of halogens is 4. The average Bonchev–Trinajstić information content (AvgIpc) is 2.53. The fourth-order valence-electron chi connectivity index (χ4n) is 2.38. The van der Waals surface area contributed by atoms with Gasteiger partial charge in [0.25, 0.3) is 10.0 Å². The van der Waals surface area contributed by atoms with E-state index in [1.165, 1.54) is 22.1 Å². The van der Waals surface area contributed by atoms with Crippen molar-refractivity contribution in [3.05, 3.63) is 52.5 Å². The summed E-state index contributed by atoms with van der Waals surface area (Å²) in [6.45, 7) is 0.201. The van der Waals surface area contributed by atoms with E-state index in [1.54, 1.807) is 18.2 Å². The lowest BCUT2D eigenvalue weighted by Crippen LogP contribution is -2.35. The van der Waals surface area contributed by atoms with E-state index in [0.29, 0.717) is 22.0 Å². The Kier molecular flexibility index (Phi) is 4.61. The van der Waals surface area contributed by atoms with Gasteiger partial charge in [0, 0.05) is 21.7 Å². The normalized spacial score (nSPS) is 15.2. The predicted molar refractivity (Wildman–Crippen MR) is 90.8 cm³/mol. The van der Waals surface area contributed by atoms with Crippen LogP contribution in [-0.2, 0) is 16.2 Å². The lowest BCUT2D eigenvalue weighted by molar-refractivity contribution is -0.137. The van der Waals surface area contributed by atoms with Crippen LogP contribution in [0, 0.1) is 0 Å². The second kappa shape index (κ2) is 6.27. The van der Waals surface area contributed by atoms with E-state index in [9.17, 15) is 21.6 Å². The third kappa shape index (κ3) is 3.29. The number of fused-ring (bicyclic) bond motifs is 1. The largest absolute Gasteiger partial charge is 0.416 e. The third-order valence-corrected chi connectivity index (χ3v) is 6.84. The molecule has 0 saturated heterocycles. The minimum atomic E-state index is -4.59. The van der Waals surface area contributed by atoms with Crippen molar-refractivity contribution in [2.24, 2.45) is 0 Å². The van der Waals surface area contributed by atoms with Crippen molar-refractivity contribution < 1.29 is 21.6 Å². The Morgan fingerprint density at radius 1 is 1.12 bits per heavy atom. The fourth-order valence-corrected chi connectivity index (χ4v) is 5.40. The molecule has 0 amide bonds. The summed E-state index contributed by atoms with van der Waals surface area (Å²) >= 11 is 4.81. The van der Waals surface area contributed by atoms with E-state index in [0.717, 1.165) is 17.0 Å². The SMILES string of the molecule is O=S(=O)(c1cccc(C(F)(F)F)c1)N1CCSc2ccc(Br)cc21. The van der Waals surface area contributed by atoms with E-state index < -0.39 is 21.8 Å². The molecule has 0 bridgehead atoms. The molecule has 1 aliphatic rings. The number of hydrogen-bond acceptors (Lipinski definition) is 3. The summed E-state index contributed by atoms with van der Waals surface area (Å²) in [5.74, 6) is 0.535. The van der Waals surface area contributed by atoms with Crippen LogP contribution in [0.4, 0.5) is 18.9 Å². The summed E-state index contributed by atoms with van der Waals surface area (Å²) in [6, 6.07) is 9.07. The van der Waals surface area contributed by atoms with Crippen molar-refractivity contribution >= 4 is 43.4 Å². The minimum Gasteiger partial charge on any atom is -0.264 e. The molecule has 0 unspecified atom stereocenters. The highest BCUT2D eigenvalue weighted by atomic mass is 79.9. The Labute approximate surface area is 150 Å². The molecule has 0 aromatic heterocycles. The number of anilines is 1. The highest BCUT2D eigenvalue weighted by Crippen LogP contribution is 2.40. The van der Waals surface area contributed by atoms with Crippen LogP contribution in [0.1, 0.15) is 5.56 Å². The van der Waals surface area contributed by atoms with Gasteiger partial charge >= 0.3 is 6.18 Å². The first-order valence-corrected chi connectivity index (χ1v) is 10.0. The van der Waals surface area contributed by atoms with Crippen LogP contribution >= 0.6 is 27.7 Å². The molecular weight excluding hydrogens is 427 g/mol. The lowest BCUT2D eigenvalue weighted by atomic mass is 10.2. The van der Waals surface area contributed by atoms with E-state index in [2.05, 4.69) is 15.9 Å². The third-order valence-electron chi connectivity index (χ3n) is 3.49. The van der Waals surface area contributed by atoms with Crippen molar-refractivity contribution in [2.45, 2.75) is 16.0 Å². The molecule has 0 spiro atoms. The number of benzene rings is 2. The topological polar surface area (TPSA) is 37.4 Å². The first-order chi connectivity index (χ1) is 11.2. The summed E-state index contributed by atoms with van der Waals surface area (Å²) in [5.41, 5.74) is -0.512. The molecule has 0 radical (unpaired) electrons. The summed E-state index contributed by atoms with van der Waals surface area (Å²) in [7, 11) is -4.08. The molecule has 1 aliphatic heterocycles. The van der Waals surface area contributed by atoms with Gasteiger partial charge in [-0.3, -0.25) is 4.31 Å². The van der Waals surface area contributed by atoms with Crippen molar-refractivity contribution in [2.75, 3.05) is 16.6 Å². The number of hydrogen-bond donors (Lipinski definition) is 0. The number of alkyl halides is 3. The van der Waals surface area contributed by atoms with Crippen LogP contribution in [0.3, 0.4) is 0 Å². The first kappa shape index (κ1) is 17.6. The monoisotopic (exact) mass is 437 g/mol. The molecule has 0 saturated carbocycles. The molecule has 0 aliphatic carbocycles. The standard InChI is InChI=1S/C15H11BrF3NO2S2/c16-11-4-5-14-13(9-11)20(6-7-23-14)24(21,22)12-3-1-2-10(8-12)15(17,18)19/h1-5,8-9H,6-7H2. The molecule has 3 nitrogen and oxygen atoms in total. The van der Waals surface area contributed by atoms with Crippen LogP contribution < -0.4 is 4.31 Å². The van der Waals surface area contributed by atoms with Crippen LogP contribution in [0.25, 0.3) is 0 Å². The molecule has 128 valence electrons. The maximum atomic E-state index is 12.9. The van der Waals surface area contributed by atoms with Gasteiger partial charge in [-0.05, 0) is 36.4 Å². The van der Waals surface area contributed by atoms with Gasteiger partial charge in [0.1, 0.15) is 0 Å². The van der Waals surface area contributed by atoms with Crippen molar-refractivity contribution in [1.82, 2.24) is 0 Å². The number of thioether (sulfide) groups is 1. The molecule has 3 rings (SSSR count). The minimum absolute atomic E-state index is 0.201. The maximum Gasteiger partial charge on any atom is 0.416 e. The molecule has 0 atom stereocenters. The zero-order valence-electron chi connectivity index (χ0n) is 12.0. The van der Waals surface area contributed by atoms with Crippen LogP contribution in [0.5, 0.6) is 0 Å². The smallest absolute Gasteiger partial charge is 0.264 e. The van der Waals surface area contributed by atoms with Crippen molar-refractivity contribution in [1.29, 1.82) is 0 Å². The number of rotatable bonds is 2. The van der Waals surface area contributed by atoms with Gasteiger partial charge in [-0.25, -0.2) is 8.42 Å². The Bertz CT molecular complexity index is 885. The second-order valence-electron chi connectivity index (χ2n) is 5.06. The Balaban J connectivity index is 2.09. The Hall–Kier alpha value is -1.19. The van der Waals surface area contributed by atoms with E-state index >= 15 is 0 Å². The van der Waals surface area contributed by atoms with Gasteiger partial charge in [-0.2, -0.15) is 13.2 Å². The molecular formula is C15H11BrF3NO2S2. The number of sulfonamides is 1. The van der Waals surface area contributed by atoms with E-state index in [4.69, 9.17) is 0 Å². The average molecular weight is 438 g/mol. The Morgan fingerprint density at radius 2 is 1.88 bits per heavy atom. The zero-order chi connectivity index (χ0) is 17.5. The molecule has 9 heteroatoms. The van der Waals surface area contributed by atoms with Crippen molar-refractivity contribution in [3.8, 4) is 0 Å². The molecule has 24 heavy (non-hydrogen) atoms. The summed E-state index contributed by atoms with van der Waals surface area (Å²) < 4.78 is 66.2. The van der Waals surface area contributed by atoms with E-state index in [-0.39, 0.29) is 11.4 Å². The summed E-state index contributed by atoms with van der Waals surface area (Å²) in [4.78, 5) is 0.412. The van der Waals surface area contributed by atoms with Gasteiger partial charge in [-0.15, -0.1) is 11.8 Å². The zero-order valence-corrected chi connectivity index (χ0v) is 15.3. The van der Waals surface area contributed by atoms with E-state index in [1.807, 2.05) is 0 Å². The predicted octanol–water partition coefficient (Wildman–Crippen LogP) is 4.77. The number of nitrogens with zero attached hydrogens (tertiary/aromatic N) is 1. The highest BCUT2D eigenvalue weighted by Gasteiger charge is 2.34. The van der Waals surface area contributed by atoms with Crippen LogP contribution in [0.2, 0.25) is 0 Å². The quantitative estimate of drug-likeness (QED) is 0.678. The van der Waals surface area contributed by atoms with Crippen LogP contribution in [-0.4, -0.2) is 20.7 Å². The highest BCUT2D eigenvalue weighted by molar-refractivity contribution is 9.10. The van der Waals surface area contributed by atoms with Crippen LogP contribution in [0.15, 0.2) is 56.7 Å². The van der Waals surface area contributed by atoms with Gasteiger partial charge in [0.2, 0.25) is 0 Å². The van der Waals surface area contributed by atoms with Crippen molar-refractivity contribution in [3.63, 3.8) is 0 Å². The lowest BCUT2D eigenvalue weighted by Gasteiger charge is -2.30. The maximum absolute atomic E-state index is 12.9. The molecule has 2 aromatic carbocycles. The van der Waals surface area contributed by atoms with Gasteiger partial charge in [-0.1, -0.05) is 22.0 Å². The first-order valence-electron chi connectivity index (χ1n) is 6.82. The summed E-state index contributed by atoms with van der Waals surface area (Å²) in [6.07, 6.45) is -4.59. The van der Waals surface area contributed by atoms with Gasteiger partial charge in [0.05, 0.1) is 16.1 Å². The second-order valence-corrected chi connectivity index (χ2v) is 8.98. The summed E-state index contributed by atoms with van der Waals surface area (Å²) in [5, 5.41) is 0. The fraction of sp³-hybridized carbons (Fsp3) is 0.200. The van der Waals surface area contributed by atoms with Gasteiger partial charge < -0.3 is 0 Å².